The summed E-state index contributed by atoms with van der Waals surface area (Å²) >= 11 is 0. The molecule has 0 spiro atoms. The summed E-state index contributed by atoms with van der Waals surface area (Å²) in [6.45, 7) is 4.52. The number of fused-ring (bicyclic) bond motifs is 1. The van der Waals surface area contributed by atoms with Gasteiger partial charge in [0.15, 0.2) is 17.3 Å². The van der Waals surface area contributed by atoms with Crippen LogP contribution < -0.4 is 9.47 Å². The number of carbonyl (C=O) groups excluding carboxylic acids is 1. The first-order chi connectivity index (χ1) is 9.12. The largest absolute Gasteiger partial charge is 0.454 e. The second-order valence-corrected chi connectivity index (χ2v) is 5.62. The van der Waals surface area contributed by atoms with E-state index in [1.54, 1.807) is 6.08 Å². The van der Waals surface area contributed by atoms with Crippen LogP contribution in [0.1, 0.15) is 32.3 Å². The monoisotopic (exact) mass is 258 g/mol. The van der Waals surface area contributed by atoms with Crippen LogP contribution in [0.5, 0.6) is 11.5 Å². The third-order valence-electron chi connectivity index (χ3n) is 4.21. The number of allylic oxidation sites excluding steroid dienone is 1. The van der Waals surface area contributed by atoms with Gasteiger partial charge in [0.2, 0.25) is 6.79 Å². The first-order valence-electron chi connectivity index (χ1n) is 6.74. The van der Waals surface area contributed by atoms with Gasteiger partial charge in [0.05, 0.1) is 0 Å². The lowest BCUT2D eigenvalue weighted by atomic mass is 9.87. The van der Waals surface area contributed by atoms with E-state index >= 15 is 0 Å². The van der Waals surface area contributed by atoms with Gasteiger partial charge < -0.3 is 9.47 Å². The molecule has 2 aliphatic rings. The van der Waals surface area contributed by atoms with Gasteiger partial charge in [-0.15, -0.1) is 0 Å². The Labute approximate surface area is 113 Å². The van der Waals surface area contributed by atoms with Crippen molar-refractivity contribution in [3.63, 3.8) is 0 Å². The summed E-state index contributed by atoms with van der Waals surface area (Å²) in [6.07, 6.45) is 5.63. The Bertz CT molecular complexity index is 539. The number of rotatable bonds is 4. The highest BCUT2D eigenvalue weighted by molar-refractivity contribution is 6.00. The first-order valence-corrected chi connectivity index (χ1v) is 6.74. The Morgan fingerprint density at radius 1 is 1.26 bits per heavy atom. The minimum Gasteiger partial charge on any atom is -0.454 e. The summed E-state index contributed by atoms with van der Waals surface area (Å²) < 4.78 is 10.6. The van der Waals surface area contributed by atoms with Crippen molar-refractivity contribution in [2.45, 2.75) is 26.7 Å². The molecular formula is C16H18O3. The Balaban J connectivity index is 1.75. The van der Waals surface area contributed by atoms with Crippen LogP contribution in [0, 0.1) is 11.3 Å². The normalized spacial score (nSPS) is 19.1. The van der Waals surface area contributed by atoms with Crippen molar-refractivity contribution in [1.82, 2.24) is 0 Å². The third kappa shape index (κ3) is 2.14. The fraction of sp³-hybridized carbons (Fsp3) is 0.438. The predicted octanol–water partition coefficient (Wildman–Crippen LogP) is 3.43. The summed E-state index contributed by atoms with van der Waals surface area (Å²) in [5.41, 5.74) is 0.879. The van der Waals surface area contributed by atoms with Crippen molar-refractivity contribution in [1.29, 1.82) is 0 Å². The number of ether oxygens (including phenoxy) is 2. The molecule has 1 aliphatic heterocycles. The molecule has 3 rings (SSSR count). The smallest absolute Gasteiger partial charge is 0.231 e. The molecule has 1 aromatic rings. The molecule has 0 aromatic heterocycles. The molecule has 100 valence electrons. The fourth-order valence-corrected chi connectivity index (χ4v) is 2.60. The predicted molar refractivity (Wildman–Crippen MR) is 73.1 cm³/mol. The van der Waals surface area contributed by atoms with E-state index in [0.717, 1.165) is 29.9 Å². The van der Waals surface area contributed by atoms with Crippen molar-refractivity contribution in [2.24, 2.45) is 11.3 Å². The van der Waals surface area contributed by atoms with E-state index in [4.69, 9.17) is 9.47 Å². The van der Waals surface area contributed by atoms with Crippen LogP contribution >= 0.6 is 0 Å². The van der Waals surface area contributed by atoms with Gasteiger partial charge in [0.1, 0.15) is 0 Å². The molecule has 0 N–H and O–H groups in total. The van der Waals surface area contributed by atoms with Crippen LogP contribution in [0.15, 0.2) is 24.3 Å². The molecule has 1 heterocycles. The molecule has 0 radical (unpaired) electrons. The van der Waals surface area contributed by atoms with Crippen molar-refractivity contribution in [2.75, 3.05) is 6.79 Å². The highest BCUT2D eigenvalue weighted by Crippen LogP contribution is 2.52. The summed E-state index contributed by atoms with van der Waals surface area (Å²) in [4.78, 5) is 12.2. The molecule has 19 heavy (non-hydrogen) atoms. The van der Waals surface area contributed by atoms with Crippen molar-refractivity contribution in [3.8, 4) is 11.5 Å². The standard InChI is InChI=1S/C16H18O3/c1-11(2)16(7-8-16)15(17)6-4-12-3-5-13-14(9-12)19-10-18-13/h3-6,9,11H,7-8,10H2,1-2H3/b6-4+. The lowest BCUT2D eigenvalue weighted by Gasteiger charge is -2.15. The zero-order valence-electron chi connectivity index (χ0n) is 11.3. The maximum Gasteiger partial charge on any atom is 0.231 e. The number of carbonyl (C=O) groups is 1. The zero-order valence-corrected chi connectivity index (χ0v) is 11.3. The summed E-state index contributed by atoms with van der Waals surface area (Å²) in [5.74, 6) is 2.19. The lowest BCUT2D eigenvalue weighted by Crippen LogP contribution is -2.19. The molecule has 0 bridgehead atoms. The quantitative estimate of drug-likeness (QED) is 0.776. The van der Waals surface area contributed by atoms with E-state index in [9.17, 15) is 4.79 Å². The van der Waals surface area contributed by atoms with Gasteiger partial charge in [-0.25, -0.2) is 0 Å². The maximum absolute atomic E-state index is 12.2. The van der Waals surface area contributed by atoms with E-state index in [0.29, 0.717) is 5.92 Å². The minimum atomic E-state index is -0.0904. The van der Waals surface area contributed by atoms with Crippen LogP contribution in [-0.2, 0) is 4.79 Å². The van der Waals surface area contributed by atoms with Crippen molar-refractivity contribution in [3.05, 3.63) is 29.8 Å². The van der Waals surface area contributed by atoms with Crippen LogP contribution in [0.4, 0.5) is 0 Å². The Morgan fingerprint density at radius 2 is 2.00 bits per heavy atom. The Hall–Kier alpha value is -1.77. The number of hydrogen-bond acceptors (Lipinski definition) is 3. The fourth-order valence-electron chi connectivity index (χ4n) is 2.60. The van der Waals surface area contributed by atoms with Gasteiger partial charge in [-0.2, -0.15) is 0 Å². The summed E-state index contributed by atoms with van der Waals surface area (Å²) in [7, 11) is 0. The van der Waals surface area contributed by atoms with Gasteiger partial charge >= 0.3 is 0 Å². The number of ketones is 1. The zero-order chi connectivity index (χ0) is 13.5. The van der Waals surface area contributed by atoms with Crippen LogP contribution in [0.2, 0.25) is 0 Å². The lowest BCUT2D eigenvalue weighted by molar-refractivity contribution is -0.120. The third-order valence-corrected chi connectivity index (χ3v) is 4.21. The van der Waals surface area contributed by atoms with Crippen molar-refractivity contribution < 1.29 is 14.3 Å². The SMILES string of the molecule is CC(C)C1(C(=O)/C=C/c2ccc3c(c2)OCO3)CC1. The second-order valence-electron chi connectivity index (χ2n) is 5.62. The van der Waals surface area contributed by atoms with Crippen LogP contribution in [0.25, 0.3) is 6.08 Å². The first kappa shape index (κ1) is 12.3. The van der Waals surface area contributed by atoms with E-state index in [1.807, 2.05) is 24.3 Å². The van der Waals surface area contributed by atoms with Gasteiger partial charge in [-0.1, -0.05) is 26.0 Å². The molecule has 0 unspecified atom stereocenters. The molecule has 0 amide bonds. The van der Waals surface area contributed by atoms with Crippen molar-refractivity contribution >= 4 is 11.9 Å². The molecule has 1 aliphatic carbocycles. The van der Waals surface area contributed by atoms with E-state index in [-0.39, 0.29) is 18.0 Å². The van der Waals surface area contributed by atoms with Gasteiger partial charge in [-0.05, 0) is 42.5 Å². The summed E-state index contributed by atoms with van der Waals surface area (Å²) in [6, 6.07) is 5.72. The molecular weight excluding hydrogens is 240 g/mol. The minimum absolute atomic E-state index is 0.0904. The van der Waals surface area contributed by atoms with Gasteiger partial charge in [-0.3, -0.25) is 4.79 Å². The van der Waals surface area contributed by atoms with E-state index < -0.39 is 0 Å². The molecule has 3 heteroatoms. The maximum atomic E-state index is 12.2. The molecule has 1 saturated carbocycles. The molecule has 1 aromatic carbocycles. The van der Waals surface area contributed by atoms with E-state index in [2.05, 4.69) is 13.8 Å². The average molecular weight is 258 g/mol. The highest BCUT2D eigenvalue weighted by atomic mass is 16.7. The average Bonchev–Trinajstić information content (AvgIpc) is 3.09. The number of hydrogen-bond donors (Lipinski definition) is 0. The second kappa shape index (κ2) is 4.41. The van der Waals surface area contributed by atoms with Gasteiger partial charge in [0, 0.05) is 5.41 Å². The highest BCUT2D eigenvalue weighted by Gasteiger charge is 2.50. The summed E-state index contributed by atoms with van der Waals surface area (Å²) in [5, 5.41) is 0. The Morgan fingerprint density at radius 3 is 2.68 bits per heavy atom. The van der Waals surface area contributed by atoms with Gasteiger partial charge in [0.25, 0.3) is 0 Å². The topological polar surface area (TPSA) is 35.5 Å². The van der Waals surface area contributed by atoms with E-state index in [1.165, 1.54) is 0 Å². The Kier molecular flexibility index (Phi) is 2.85. The molecule has 3 nitrogen and oxygen atoms in total. The van der Waals surface area contributed by atoms with Crippen LogP contribution in [-0.4, -0.2) is 12.6 Å². The molecule has 0 saturated heterocycles. The molecule has 0 atom stereocenters. The number of benzene rings is 1. The van der Waals surface area contributed by atoms with Crippen LogP contribution in [0.3, 0.4) is 0 Å². The molecule has 1 fully saturated rings.